The monoisotopic (exact) mass is 389 g/mol. The van der Waals surface area contributed by atoms with Gasteiger partial charge in [0.1, 0.15) is 11.9 Å². The molecule has 0 fully saturated rings. The molecule has 8 heteroatoms. The van der Waals surface area contributed by atoms with E-state index in [0.717, 1.165) is 22.6 Å². The van der Waals surface area contributed by atoms with Crippen LogP contribution in [0.4, 0.5) is 0 Å². The van der Waals surface area contributed by atoms with Crippen LogP contribution in [0.2, 0.25) is 0 Å². The number of aryl methyl sites for hydroxylation is 1. The summed E-state index contributed by atoms with van der Waals surface area (Å²) < 4.78 is 18.6. The second-order valence-corrected chi connectivity index (χ2v) is 6.93. The Hall–Kier alpha value is -3.52. The lowest BCUT2D eigenvalue weighted by atomic mass is 10.1. The Labute approximate surface area is 167 Å². The summed E-state index contributed by atoms with van der Waals surface area (Å²) in [6.07, 6.45) is -0.0599. The zero-order valence-corrected chi connectivity index (χ0v) is 16.1. The van der Waals surface area contributed by atoms with Crippen molar-refractivity contribution in [3.8, 4) is 28.7 Å². The van der Waals surface area contributed by atoms with Crippen LogP contribution in [0.25, 0.3) is 23.0 Å². The van der Waals surface area contributed by atoms with Gasteiger partial charge in [-0.2, -0.15) is 4.98 Å². The van der Waals surface area contributed by atoms with Crippen LogP contribution in [0, 0.1) is 6.92 Å². The van der Waals surface area contributed by atoms with Gasteiger partial charge in [0.15, 0.2) is 5.69 Å². The van der Waals surface area contributed by atoms with E-state index in [0.29, 0.717) is 30.6 Å². The SMILES string of the molecule is COc1cccc(-c2nc(-c3nnn4c3COC(c3ccc(C)cc3)C4)no2)c1. The molecular weight excluding hydrogens is 370 g/mol. The molecule has 1 aliphatic heterocycles. The van der Waals surface area contributed by atoms with Crippen LogP contribution < -0.4 is 4.74 Å². The lowest BCUT2D eigenvalue weighted by Crippen LogP contribution is -2.22. The van der Waals surface area contributed by atoms with Crippen molar-refractivity contribution < 1.29 is 14.0 Å². The van der Waals surface area contributed by atoms with Gasteiger partial charge in [0, 0.05) is 5.56 Å². The van der Waals surface area contributed by atoms with Crippen molar-refractivity contribution in [1.82, 2.24) is 25.1 Å². The van der Waals surface area contributed by atoms with Crippen molar-refractivity contribution in [2.45, 2.75) is 26.2 Å². The van der Waals surface area contributed by atoms with Crippen molar-refractivity contribution in [1.29, 1.82) is 0 Å². The van der Waals surface area contributed by atoms with Gasteiger partial charge in [-0.05, 0) is 30.7 Å². The summed E-state index contributed by atoms with van der Waals surface area (Å²) in [6, 6.07) is 15.8. The highest BCUT2D eigenvalue weighted by Gasteiger charge is 2.27. The zero-order chi connectivity index (χ0) is 19.8. The van der Waals surface area contributed by atoms with Crippen LogP contribution >= 0.6 is 0 Å². The Morgan fingerprint density at radius 1 is 1.14 bits per heavy atom. The highest BCUT2D eigenvalue weighted by molar-refractivity contribution is 5.60. The zero-order valence-electron chi connectivity index (χ0n) is 16.1. The molecule has 0 saturated carbocycles. The number of hydrogen-bond donors (Lipinski definition) is 0. The molecule has 29 heavy (non-hydrogen) atoms. The first kappa shape index (κ1) is 17.6. The summed E-state index contributed by atoms with van der Waals surface area (Å²) in [5.74, 6) is 1.51. The molecule has 2 aromatic heterocycles. The average Bonchev–Trinajstić information content (AvgIpc) is 3.41. The summed E-state index contributed by atoms with van der Waals surface area (Å²) in [5.41, 5.74) is 4.53. The van der Waals surface area contributed by atoms with E-state index in [9.17, 15) is 0 Å². The van der Waals surface area contributed by atoms with Crippen LogP contribution in [0.5, 0.6) is 5.75 Å². The molecule has 146 valence electrons. The Balaban J connectivity index is 1.40. The van der Waals surface area contributed by atoms with Crippen molar-refractivity contribution in [2.75, 3.05) is 7.11 Å². The minimum absolute atomic E-state index is 0.0599. The Kier molecular flexibility index (Phi) is 4.33. The summed E-state index contributed by atoms with van der Waals surface area (Å²) in [5, 5.41) is 12.6. The molecule has 3 heterocycles. The predicted molar refractivity (Wildman–Crippen MR) is 104 cm³/mol. The number of hydrogen-bond acceptors (Lipinski definition) is 7. The molecule has 1 unspecified atom stereocenters. The second-order valence-electron chi connectivity index (χ2n) is 6.93. The maximum Gasteiger partial charge on any atom is 0.258 e. The van der Waals surface area contributed by atoms with E-state index >= 15 is 0 Å². The fourth-order valence-corrected chi connectivity index (χ4v) is 3.36. The number of benzene rings is 2. The van der Waals surface area contributed by atoms with Crippen molar-refractivity contribution in [3.63, 3.8) is 0 Å². The topological polar surface area (TPSA) is 88.1 Å². The molecule has 5 rings (SSSR count). The Morgan fingerprint density at radius 2 is 2.00 bits per heavy atom. The van der Waals surface area contributed by atoms with Gasteiger partial charge in [-0.25, -0.2) is 4.68 Å². The van der Waals surface area contributed by atoms with E-state index in [1.165, 1.54) is 5.56 Å². The summed E-state index contributed by atoms with van der Waals surface area (Å²) in [4.78, 5) is 4.49. The number of nitrogens with zero attached hydrogens (tertiary/aromatic N) is 5. The second kappa shape index (κ2) is 7.14. The normalized spacial score (nSPS) is 15.9. The van der Waals surface area contributed by atoms with Gasteiger partial charge >= 0.3 is 0 Å². The summed E-state index contributed by atoms with van der Waals surface area (Å²) in [7, 11) is 1.62. The smallest absolute Gasteiger partial charge is 0.258 e. The third-order valence-corrected chi connectivity index (χ3v) is 5.00. The third kappa shape index (κ3) is 3.27. The highest BCUT2D eigenvalue weighted by atomic mass is 16.5. The Morgan fingerprint density at radius 3 is 2.83 bits per heavy atom. The minimum Gasteiger partial charge on any atom is -0.497 e. The van der Waals surface area contributed by atoms with Gasteiger partial charge < -0.3 is 14.0 Å². The number of aromatic nitrogens is 5. The molecule has 0 bridgehead atoms. The number of fused-ring (bicyclic) bond motifs is 1. The van der Waals surface area contributed by atoms with Gasteiger partial charge in [0.05, 0.1) is 26.0 Å². The van der Waals surface area contributed by atoms with E-state index in [1.54, 1.807) is 7.11 Å². The number of rotatable bonds is 4. The fourth-order valence-electron chi connectivity index (χ4n) is 3.36. The van der Waals surface area contributed by atoms with Crippen LogP contribution in [-0.4, -0.2) is 32.2 Å². The highest BCUT2D eigenvalue weighted by Crippen LogP contribution is 2.31. The third-order valence-electron chi connectivity index (χ3n) is 5.00. The standard InChI is InChI=1S/C21H19N5O3/c1-13-6-8-14(9-7-13)18-11-26-17(12-28-18)19(23-25-26)20-22-21(29-24-20)15-4-3-5-16(10-15)27-2/h3-10,18H,11-12H2,1-2H3. The minimum atomic E-state index is -0.0599. The van der Waals surface area contributed by atoms with Gasteiger partial charge in [-0.1, -0.05) is 46.3 Å². The maximum absolute atomic E-state index is 6.07. The summed E-state index contributed by atoms with van der Waals surface area (Å²) >= 11 is 0. The van der Waals surface area contributed by atoms with E-state index in [1.807, 2.05) is 28.9 Å². The average molecular weight is 389 g/mol. The van der Waals surface area contributed by atoms with Crippen LogP contribution in [0.3, 0.4) is 0 Å². The van der Waals surface area contributed by atoms with E-state index in [-0.39, 0.29) is 6.10 Å². The van der Waals surface area contributed by atoms with Crippen LogP contribution in [-0.2, 0) is 17.9 Å². The first-order chi connectivity index (χ1) is 14.2. The van der Waals surface area contributed by atoms with E-state index < -0.39 is 0 Å². The first-order valence-corrected chi connectivity index (χ1v) is 9.30. The summed E-state index contributed by atoms with van der Waals surface area (Å²) in [6.45, 7) is 3.04. The molecule has 8 nitrogen and oxygen atoms in total. The van der Waals surface area contributed by atoms with Crippen LogP contribution in [0.1, 0.15) is 22.9 Å². The van der Waals surface area contributed by atoms with Crippen molar-refractivity contribution in [3.05, 3.63) is 65.4 Å². The molecule has 2 aromatic carbocycles. The Bertz CT molecular complexity index is 1150. The molecule has 0 aliphatic carbocycles. The van der Waals surface area contributed by atoms with E-state index in [2.05, 4.69) is 51.6 Å². The fraction of sp³-hybridized carbons (Fsp3) is 0.238. The number of ether oxygens (including phenoxy) is 2. The number of methoxy groups -OCH3 is 1. The first-order valence-electron chi connectivity index (χ1n) is 9.30. The van der Waals surface area contributed by atoms with Crippen molar-refractivity contribution in [2.24, 2.45) is 0 Å². The van der Waals surface area contributed by atoms with Crippen LogP contribution in [0.15, 0.2) is 53.1 Å². The van der Waals surface area contributed by atoms with Gasteiger partial charge in [0.25, 0.3) is 5.89 Å². The molecule has 0 spiro atoms. The molecule has 1 atom stereocenters. The quantitative estimate of drug-likeness (QED) is 0.527. The van der Waals surface area contributed by atoms with Gasteiger partial charge in [-0.3, -0.25) is 0 Å². The molecule has 0 saturated heterocycles. The van der Waals surface area contributed by atoms with Crippen molar-refractivity contribution >= 4 is 0 Å². The molecule has 4 aromatic rings. The molecule has 1 aliphatic rings. The molecular formula is C21H19N5O3. The van der Waals surface area contributed by atoms with E-state index in [4.69, 9.17) is 14.0 Å². The molecule has 0 amide bonds. The lowest BCUT2D eigenvalue weighted by molar-refractivity contribution is -0.00112. The lowest BCUT2D eigenvalue weighted by Gasteiger charge is -2.24. The predicted octanol–water partition coefficient (Wildman–Crippen LogP) is 3.58. The molecule has 0 N–H and O–H groups in total. The molecule has 0 radical (unpaired) electrons. The maximum atomic E-state index is 6.07. The van der Waals surface area contributed by atoms with Gasteiger partial charge in [0.2, 0.25) is 5.82 Å². The largest absolute Gasteiger partial charge is 0.497 e. The van der Waals surface area contributed by atoms with Gasteiger partial charge in [-0.15, -0.1) is 5.10 Å².